The molecule has 0 saturated heterocycles. The van der Waals surface area contributed by atoms with Gasteiger partial charge in [-0.15, -0.1) is 0 Å². The van der Waals surface area contributed by atoms with Gasteiger partial charge in [-0.2, -0.15) is 0 Å². The van der Waals surface area contributed by atoms with Crippen LogP contribution in [0, 0.1) is 5.92 Å². The molecule has 0 spiro atoms. The zero-order valence-corrected chi connectivity index (χ0v) is 22.5. The van der Waals surface area contributed by atoms with Crippen LogP contribution in [0.15, 0.2) is 83.8 Å². The molecule has 1 amide bonds. The van der Waals surface area contributed by atoms with Gasteiger partial charge in [0, 0.05) is 0 Å². The minimum atomic E-state index is -3.96. The number of hydrogen-bond donors (Lipinski definition) is 1. The van der Waals surface area contributed by atoms with E-state index in [4.69, 9.17) is 4.74 Å². The number of rotatable bonds is 11. The molecule has 0 aromatic heterocycles. The van der Waals surface area contributed by atoms with Gasteiger partial charge in [0.1, 0.15) is 12.3 Å². The molecule has 0 aliphatic rings. The van der Waals surface area contributed by atoms with Crippen molar-refractivity contribution >= 4 is 21.6 Å². The fourth-order valence-corrected chi connectivity index (χ4v) is 5.46. The minimum absolute atomic E-state index is 0.139. The van der Waals surface area contributed by atoms with Gasteiger partial charge in [-0.1, -0.05) is 70.2 Å². The Morgan fingerprint density at radius 1 is 0.861 bits per heavy atom. The Bertz CT molecular complexity index is 1220. The van der Waals surface area contributed by atoms with Crippen LogP contribution in [0.4, 0.5) is 5.69 Å². The number of sulfonamides is 1. The summed E-state index contributed by atoms with van der Waals surface area (Å²) < 4.78 is 33.7. The van der Waals surface area contributed by atoms with Gasteiger partial charge < -0.3 is 10.1 Å². The highest BCUT2D eigenvalue weighted by Gasteiger charge is 2.28. The molecule has 0 radical (unpaired) electrons. The van der Waals surface area contributed by atoms with Crippen molar-refractivity contribution in [2.24, 2.45) is 5.92 Å². The van der Waals surface area contributed by atoms with Crippen LogP contribution in [0.5, 0.6) is 5.75 Å². The van der Waals surface area contributed by atoms with E-state index in [0.29, 0.717) is 23.9 Å². The molecule has 0 bridgehead atoms. The molecule has 1 N–H and O–H groups in total. The third-order valence-corrected chi connectivity index (χ3v) is 7.81. The van der Waals surface area contributed by atoms with Gasteiger partial charge in [-0.25, -0.2) is 8.42 Å². The first kappa shape index (κ1) is 27.3. The topological polar surface area (TPSA) is 75.7 Å². The SMILES string of the molecule is COc1ccc(C(CC(C)C)NC(=O)CN(c2ccc(C(C)C)cc2)S(=O)(=O)c2ccccc2)cc1. The number of benzene rings is 3. The number of anilines is 1. The summed E-state index contributed by atoms with van der Waals surface area (Å²) in [6.45, 7) is 8.00. The molecule has 3 aromatic rings. The average molecular weight is 509 g/mol. The first-order chi connectivity index (χ1) is 17.1. The second-order valence-electron chi connectivity index (χ2n) is 9.59. The standard InChI is InChI=1S/C29H36N2O4S/c1-21(2)19-28(24-13-17-26(35-5)18-14-24)30-29(32)20-31(25-15-11-23(12-16-25)22(3)4)36(33,34)27-9-7-6-8-10-27/h6-18,21-22,28H,19-20H2,1-5H3,(H,30,32). The van der Waals surface area contributed by atoms with E-state index in [2.05, 4.69) is 33.0 Å². The smallest absolute Gasteiger partial charge is 0.264 e. The third kappa shape index (κ3) is 6.88. The highest BCUT2D eigenvalue weighted by molar-refractivity contribution is 7.92. The van der Waals surface area contributed by atoms with E-state index in [1.807, 2.05) is 36.4 Å². The Kier molecular flexibility index (Phi) is 9.15. The zero-order valence-electron chi connectivity index (χ0n) is 21.6. The summed E-state index contributed by atoms with van der Waals surface area (Å²) in [6.07, 6.45) is 0.715. The molecule has 1 atom stereocenters. The Balaban J connectivity index is 1.91. The normalized spacial score (nSPS) is 12.4. The Morgan fingerprint density at radius 2 is 1.44 bits per heavy atom. The molecule has 0 saturated carbocycles. The van der Waals surface area contributed by atoms with Crippen molar-refractivity contribution in [3.05, 3.63) is 90.0 Å². The lowest BCUT2D eigenvalue weighted by Crippen LogP contribution is -2.42. The van der Waals surface area contributed by atoms with Crippen molar-refractivity contribution in [3.63, 3.8) is 0 Å². The number of hydrogen-bond acceptors (Lipinski definition) is 4. The number of carbonyl (C=O) groups is 1. The van der Waals surface area contributed by atoms with Crippen LogP contribution < -0.4 is 14.4 Å². The maximum absolute atomic E-state index is 13.6. The van der Waals surface area contributed by atoms with Crippen molar-refractivity contribution in [2.75, 3.05) is 18.0 Å². The maximum atomic E-state index is 13.6. The molecule has 6 nitrogen and oxygen atoms in total. The first-order valence-corrected chi connectivity index (χ1v) is 13.7. The molecule has 192 valence electrons. The van der Waals surface area contributed by atoms with Gasteiger partial charge >= 0.3 is 0 Å². The summed E-state index contributed by atoms with van der Waals surface area (Å²) in [5.74, 6) is 0.996. The molecule has 0 fully saturated rings. The Morgan fingerprint density at radius 3 is 1.97 bits per heavy atom. The molecule has 0 aliphatic carbocycles. The lowest BCUT2D eigenvalue weighted by atomic mass is 9.97. The van der Waals surface area contributed by atoms with Crippen molar-refractivity contribution in [1.82, 2.24) is 5.32 Å². The molecule has 7 heteroatoms. The number of nitrogens with one attached hydrogen (secondary N) is 1. The average Bonchev–Trinajstić information content (AvgIpc) is 2.87. The molecule has 36 heavy (non-hydrogen) atoms. The van der Waals surface area contributed by atoms with Crippen LogP contribution in [-0.4, -0.2) is 28.0 Å². The number of carbonyl (C=O) groups excluding carboxylic acids is 1. The monoisotopic (exact) mass is 508 g/mol. The second-order valence-corrected chi connectivity index (χ2v) is 11.5. The van der Waals surface area contributed by atoms with E-state index >= 15 is 0 Å². The predicted octanol–water partition coefficient (Wildman–Crippen LogP) is 5.92. The Hall–Kier alpha value is -3.32. The summed E-state index contributed by atoms with van der Waals surface area (Å²) in [5, 5.41) is 3.07. The van der Waals surface area contributed by atoms with Gasteiger partial charge in [0.2, 0.25) is 5.91 Å². The van der Waals surface area contributed by atoms with Crippen molar-refractivity contribution in [3.8, 4) is 5.75 Å². The van der Waals surface area contributed by atoms with Gasteiger partial charge in [0.15, 0.2) is 0 Å². The van der Waals surface area contributed by atoms with Gasteiger partial charge in [0.05, 0.1) is 23.7 Å². The predicted molar refractivity (Wildman–Crippen MR) is 145 cm³/mol. The van der Waals surface area contributed by atoms with Crippen LogP contribution in [0.2, 0.25) is 0 Å². The second kappa shape index (κ2) is 12.1. The van der Waals surface area contributed by atoms with Crippen LogP contribution in [0.1, 0.15) is 57.2 Å². The highest BCUT2D eigenvalue weighted by Crippen LogP contribution is 2.27. The Labute approximate surface area is 215 Å². The van der Waals surface area contributed by atoms with Crippen LogP contribution in [0.3, 0.4) is 0 Å². The highest BCUT2D eigenvalue weighted by atomic mass is 32.2. The van der Waals surface area contributed by atoms with E-state index in [9.17, 15) is 13.2 Å². The van der Waals surface area contributed by atoms with Crippen molar-refractivity contribution < 1.29 is 17.9 Å². The molecular formula is C29H36N2O4S. The first-order valence-electron chi connectivity index (χ1n) is 12.2. The van der Waals surface area contributed by atoms with Gasteiger partial charge in [-0.3, -0.25) is 9.10 Å². The number of ether oxygens (including phenoxy) is 1. The van der Waals surface area contributed by atoms with Gasteiger partial charge in [-0.05, 0) is 65.8 Å². The minimum Gasteiger partial charge on any atom is -0.497 e. The lowest BCUT2D eigenvalue weighted by molar-refractivity contribution is -0.120. The van der Waals surface area contributed by atoms with E-state index in [0.717, 1.165) is 16.9 Å². The summed E-state index contributed by atoms with van der Waals surface area (Å²) in [6, 6.07) is 22.9. The fourth-order valence-electron chi connectivity index (χ4n) is 4.02. The van der Waals surface area contributed by atoms with Crippen LogP contribution in [-0.2, 0) is 14.8 Å². The molecular weight excluding hydrogens is 472 g/mol. The van der Waals surface area contributed by atoms with E-state index in [-0.39, 0.29) is 23.4 Å². The molecule has 3 rings (SSSR count). The van der Waals surface area contributed by atoms with E-state index in [1.54, 1.807) is 49.6 Å². The quantitative estimate of drug-likeness (QED) is 0.349. The van der Waals surface area contributed by atoms with Crippen molar-refractivity contribution in [2.45, 2.75) is 51.0 Å². The molecule has 0 aliphatic heterocycles. The summed E-state index contributed by atoms with van der Waals surface area (Å²) >= 11 is 0. The summed E-state index contributed by atoms with van der Waals surface area (Å²) in [5.41, 5.74) is 2.48. The van der Waals surface area contributed by atoms with Crippen LogP contribution in [0.25, 0.3) is 0 Å². The fraction of sp³-hybridized carbons (Fsp3) is 0.345. The largest absolute Gasteiger partial charge is 0.497 e. The molecule has 1 unspecified atom stereocenters. The summed E-state index contributed by atoms with van der Waals surface area (Å²) in [4.78, 5) is 13.5. The van der Waals surface area contributed by atoms with Crippen molar-refractivity contribution in [1.29, 1.82) is 0 Å². The summed E-state index contributed by atoms with van der Waals surface area (Å²) in [7, 11) is -2.35. The molecule has 3 aromatic carbocycles. The van der Waals surface area contributed by atoms with E-state index in [1.165, 1.54) is 4.31 Å². The number of amides is 1. The van der Waals surface area contributed by atoms with Gasteiger partial charge in [0.25, 0.3) is 10.0 Å². The number of methoxy groups -OCH3 is 1. The van der Waals surface area contributed by atoms with Crippen LogP contribution >= 0.6 is 0 Å². The molecule has 0 heterocycles. The zero-order chi connectivity index (χ0) is 26.3. The third-order valence-electron chi connectivity index (χ3n) is 6.03. The van der Waals surface area contributed by atoms with E-state index < -0.39 is 10.0 Å². The number of nitrogens with zero attached hydrogens (tertiary/aromatic N) is 1. The lowest BCUT2D eigenvalue weighted by Gasteiger charge is -2.27. The maximum Gasteiger partial charge on any atom is 0.264 e.